The number of aromatic nitrogens is 1. The molecule has 1 atom stereocenters. The van der Waals surface area contributed by atoms with Gasteiger partial charge in [-0.3, -0.25) is 9.69 Å². The molecule has 3 heteroatoms. The van der Waals surface area contributed by atoms with Crippen LogP contribution in [0.15, 0.2) is 66.9 Å². The zero-order valence-corrected chi connectivity index (χ0v) is 12.9. The average molecular weight is 300 g/mol. The molecule has 0 bridgehead atoms. The molecule has 0 saturated heterocycles. The Kier molecular flexibility index (Phi) is 2.28. The van der Waals surface area contributed by atoms with Gasteiger partial charge in [-0.05, 0) is 42.3 Å². The number of carbonyl (C=O) groups is 1. The first-order chi connectivity index (χ1) is 11.3. The quantitative estimate of drug-likeness (QED) is 0.664. The number of benzene rings is 2. The summed E-state index contributed by atoms with van der Waals surface area (Å²) >= 11 is 0. The van der Waals surface area contributed by atoms with Gasteiger partial charge in [0.15, 0.2) is 0 Å². The molecule has 0 fully saturated rings. The highest BCUT2D eigenvalue weighted by Crippen LogP contribution is 2.53. The topological polar surface area (TPSA) is 25.2 Å². The van der Waals surface area contributed by atoms with Crippen LogP contribution in [0.2, 0.25) is 0 Å². The highest BCUT2D eigenvalue weighted by atomic mass is 16.2. The van der Waals surface area contributed by atoms with Crippen LogP contribution in [-0.2, 0) is 5.54 Å². The van der Waals surface area contributed by atoms with E-state index >= 15 is 0 Å². The number of amides is 1. The first kappa shape index (κ1) is 12.7. The summed E-state index contributed by atoms with van der Waals surface area (Å²) in [5, 5.41) is 0. The first-order valence-electron chi connectivity index (χ1n) is 8.00. The lowest BCUT2D eigenvalue weighted by Gasteiger charge is -2.44. The second-order valence-corrected chi connectivity index (χ2v) is 6.15. The lowest BCUT2D eigenvalue weighted by atomic mass is 9.82. The van der Waals surface area contributed by atoms with Gasteiger partial charge in [-0.25, -0.2) is 0 Å². The largest absolute Gasteiger partial charge is 0.316 e. The van der Waals surface area contributed by atoms with Crippen LogP contribution in [0.1, 0.15) is 35.0 Å². The number of fused-ring (bicyclic) bond motifs is 8. The van der Waals surface area contributed by atoms with Gasteiger partial charge in [-0.1, -0.05) is 37.3 Å². The van der Waals surface area contributed by atoms with E-state index in [1.807, 2.05) is 41.3 Å². The van der Waals surface area contributed by atoms with E-state index in [2.05, 4.69) is 42.0 Å². The second kappa shape index (κ2) is 4.13. The van der Waals surface area contributed by atoms with Crippen LogP contribution in [0.25, 0.3) is 5.69 Å². The second-order valence-electron chi connectivity index (χ2n) is 6.15. The molecule has 0 aliphatic carbocycles. The van der Waals surface area contributed by atoms with E-state index in [1.165, 1.54) is 0 Å². The number of nitrogens with zero attached hydrogens (tertiary/aromatic N) is 2. The minimum Gasteiger partial charge on any atom is -0.316 e. The van der Waals surface area contributed by atoms with E-state index in [4.69, 9.17) is 0 Å². The van der Waals surface area contributed by atoms with E-state index in [-0.39, 0.29) is 5.91 Å². The van der Waals surface area contributed by atoms with Gasteiger partial charge in [-0.2, -0.15) is 0 Å². The zero-order chi connectivity index (χ0) is 15.6. The normalized spacial score (nSPS) is 20.7. The summed E-state index contributed by atoms with van der Waals surface area (Å²) in [4.78, 5) is 15.2. The monoisotopic (exact) mass is 300 g/mol. The molecular formula is C20H16N2O. The predicted octanol–water partition coefficient (Wildman–Crippen LogP) is 4.10. The Morgan fingerprint density at radius 3 is 2.48 bits per heavy atom. The molecule has 2 aromatic carbocycles. The summed E-state index contributed by atoms with van der Waals surface area (Å²) in [5.74, 6) is 0.0994. The molecule has 5 rings (SSSR count). The summed E-state index contributed by atoms with van der Waals surface area (Å²) in [7, 11) is 0. The van der Waals surface area contributed by atoms with Gasteiger partial charge in [0.05, 0.1) is 17.1 Å². The molecule has 1 unspecified atom stereocenters. The lowest BCUT2D eigenvalue weighted by Crippen LogP contribution is -2.48. The number of hydrogen-bond acceptors (Lipinski definition) is 1. The number of rotatable bonds is 1. The predicted molar refractivity (Wildman–Crippen MR) is 90.1 cm³/mol. The molecule has 2 aliphatic rings. The van der Waals surface area contributed by atoms with Crippen LogP contribution >= 0.6 is 0 Å². The van der Waals surface area contributed by atoms with Crippen LogP contribution in [0, 0.1) is 0 Å². The summed E-state index contributed by atoms with van der Waals surface area (Å²) in [6, 6.07) is 20.4. The van der Waals surface area contributed by atoms with Crippen molar-refractivity contribution in [2.45, 2.75) is 18.9 Å². The van der Waals surface area contributed by atoms with Gasteiger partial charge in [0.25, 0.3) is 5.91 Å². The minimum atomic E-state index is -0.411. The SMILES string of the molecule is CCC12c3ccccc3C(=O)N1c1ccccc1-n1cccc12. The third-order valence-electron chi connectivity index (χ3n) is 5.25. The Morgan fingerprint density at radius 2 is 1.65 bits per heavy atom. The van der Waals surface area contributed by atoms with Crippen molar-refractivity contribution >= 4 is 11.6 Å². The molecular weight excluding hydrogens is 284 g/mol. The van der Waals surface area contributed by atoms with Crippen molar-refractivity contribution in [3.63, 3.8) is 0 Å². The van der Waals surface area contributed by atoms with Crippen molar-refractivity contribution in [1.82, 2.24) is 4.57 Å². The van der Waals surface area contributed by atoms with Crippen molar-refractivity contribution in [2.75, 3.05) is 4.90 Å². The fourth-order valence-corrected chi connectivity index (χ4v) is 4.33. The van der Waals surface area contributed by atoms with Crippen LogP contribution in [-0.4, -0.2) is 10.5 Å². The van der Waals surface area contributed by atoms with Gasteiger partial charge < -0.3 is 4.57 Å². The highest BCUT2D eigenvalue weighted by molar-refractivity contribution is 6.14. The van der Waals surface area contributed by atoms with E-state index in [1.54, 1.807) is 0 Å². The fourth-order valence-electron chi connectivity index (χ4n) is 4.33. The minimum absolute atomic E-state index is 0.0994. The van der Waals surface area contributed by atoms with Crippen molar-refractivity contribution in [3.05, 3.63) is 83.7 Å². The molecule has 3 nitrogen and oxygen atoms in total. The number of carbonyl (C=O) groups excluding carboxylic acids is 1. The molecule has 3 heterocycles. The Hall–Kier alpha value is -2.81. The van der Waals surface area contributed by atoms with E-state index in [0.29, 0.717) is 0 Å². The standard InChI is InChI=1S/C20H16N2O/c1-2-20-15-9-4-3-8-14(15)19(23)22(20)17-11-6-5-10-16(17)21-13-7-12-18(20)21/h3-13H,2H2,1H3. The third-order valence-corrected chi connectivity index (χ3v) is 5.25. The van der Waals surface area contributed by atoms with Gasteiger partial charge in [0, 0.05) is 11.8 Å². The molecule has 1 amide bonds. The number of anilines is 1. The Labute approximate surface area is 134 Å². The Morgan fingerprint density at radius 1 is 0.913 bits per heavy atom. The maximum Gasteiger partial charge on any atom is 0.259 e. The maximum absolute atomic E-state index is 13.2. The van der Waals surface area contributed by atoms with Gasteiger partial charge in [0.1, 0.15) is 5.54 Å². The summed E-state index contributed by atoms with van der Waals surface area (Å²) in [6.45, 7) is 2.16. The maximum atomic E-state index is 13.2. The molecule has 0 spiro atoms. The Bertz CT molecular complexity index is 956. The van der Waals surface area contributed by atoms with Crippen LogP contribution in [0.5, 0.6) is 0 Å². The molecule has 0 N–H and O–H groups in total. The van der Waals surface area contributed by atoms with Crippen LogP contribution in [0.3, 0.4) is 0 Å². The van der Waals surface area contributed by atoms with Crippen molar-refractivity contribution in [1.29, 1.82) is 0 Å². The lowest BCUT2D eigenvalue weighted by molar-refractivity contribution is 0.0979. The van der Waals surface area contributed by atoms with E-state index in [0.717, 1.165) is 34.6 Å². The van der Waals surface area contributed by atoms with Gasteiger partial charge in [-0.15, -0.1) is 0 Å². The summed E-state index contributed by atoms with van der Waals surface area (Å²) < 4.78 is 2.23. The molecule has 1 aromatic heterocycles. The molecule has 0 saturated carbocycles. The van der Waals surface area contributed by atoms with E-state index < -0.39 is 5.54 Å². The molecule has 23 heavy (non-hydrogen) atoms. The van der Waals surface area contributed by atoms with Gasteiger partial charge in [0.2, 0.25) is 0 Å². The molecule has 2 aliphatic heterocycles. The Balaban J connectivity index is 1.96. The van der Waals surface area contributed by atoms with Gasteiger partial charge >= 0.3 is 0 Å². The van der Waals surface area contributed by atoms with Crippen molar-refractivity contribution < 1.29 is 4.79 Å². The average Bonchev–Trinajstić information content (AvgIpc) is 3.18. The van der Waals surface area contributed by atoms with Crippen molar-refractivity contribution in [3.8, 4) is 5.69 Å². The van der Waals surface area contributed by atoms with E-state index in [9.17, 15) is 4.79 Å². The first-order valence-corrected chi connectivity index (χ1v) is 8.00. The number of para-hydroxylation sites is 2. The third kappa shape index (κ3) is 1.29. The smallest absolute Gasteiger partial charge is 0.259 e. The summed E-state index contributed by atoms with van der Waals surface area (Å²) in [5.41, 5.74) is 4.74. The highest BCUT2D eigenvalue weighted by Gasteiger charge is 2.54. The molecule has 0 radical (unpaired) electrons. The van der Waals surface area contributed by atoms with Crippen LogP contribution < -0.4 is 4.90 Å². The molecule has 3 aromatic rings. The molecule has 112 valence electrons. The zero-order valence-electron chi connectivity index (χ0n) is 12.9. The van der Waals surface area contributed by atoms with Crippen LogP contribution in [0.4, 0.5) is 5.69 Å². The fraction of sp³-hybridized carbons (Fsp3) is 0.150. The number of hydrogen-bond donors (Lipinski definition) is 0. The summed E-state index contributed by atoms with van der Waals surface area (Å²) in [6.07, 6.45) is 2.93. The van der Waals surface area contributed by atoms with Crippen molar-refractivity contribution in [2.24, 2.45) is 0 Å².